The zero-order valence-corrected chi connectivity index (χ0v) is 9.04. The van der Waals surface area contributed by atoms with Crippen LogP contribution in [0.2, 0.25) is 0 Å². The summed E-state index contributed by atoms with van der Waals surface area (Å²) in [6.07, 6.45) is 0. The second-order valence-corrected chi connectivity index (χ2v) is 5.31. The van der Waals surface area contributed by atoms with Crippen LogP contribution in [-0.2, 0) is 10.2 Å². The molecule has 0 aromatic heterocycles. The highest BCUT2D eigenvalue weighted by atomic mass is 32.2. The molecule has 1 fully saturated rings. The summed E-state index contributed by atoms with van der Waals surface area (Å²) in [6.45, 7) is 1.13. The number of hydrogen-bond donors (Lipinski definition) is 0. The first-order valence-corrected chi connectivity index (χ1v) is 5.91. The molecule has 1 saturated heterocycles. The summed E-state index contributed by atoms with van der Waals surface area (Å²) in [5.74, 6) is -0.378. The van der Waals surface area contributed by atoms with Crippen LogP contribution >= 0.6 is 0 Å². The Labute approximate surface area is 88.1 Å². The normalized spacial score (nSPS) is 16.4. The maximum absolute atomic E-state index is 12.6. The van der Waals surface area contributed by atoms with Crippen molar-refractivity contribution in [1.29, 1.82) is 0 Å². The van der Waals surface area contributed by atoms with E-state index in [1.54, 1.807) is 0 Å². The van der Waals surface area contributed by atoms with Crippen LogP contribution in [0.25, 0.3) is 0 Å². The minimum Gasteiger partial charge on any atom is -0.261 e. The highest BCUT2D eigenvalue weighted by molar-refractivity contribution is 7.90. The Morgan fingerprint density at radius 1 is 1.27 bits per heavy atom. The molecule has 0 radical (unpaired) electrons. The molecule has 0 bridgehead atoms. The number of anilines is 1. The van der Waals surface area contributed by atoms with Gasteiger partial charge in [-0.25, -0.2) is 4.39 Å². The van der Waals surface area contributed by atoms with Gasteiger partial charge in [0.2, 0.25) is 0 Å². The van der Waals surface area contributed by atoms with E-state index in [9.17, 15) is 12.8 Å². The zero-order valence-electron chi connectivity index (χ0n) is 8.22. The summed E-state index contributed by atoms with van der Waals surface area (Å²) in [6, 6.07) is 5.36. The van der Waals surface area contributed by atoms with Crippen LogP contribution in [0.3, 0.4) is 0 Å². The molecule has 0 amide bonds. The Balaban J connectivity index is 2.27. The van der Waals surface area contributed by atoms with Gasteiger partial charge in [-0.2, -0.15) is 12.7 Å². The molecule has 2 rings (SSSR count). The average Bonchev–Trinajstić information content (AvgIpc) is 3.01. The molecule has 1 heterocycles. The van der Waals surface area contributed by atoms with Crippen molar-refractivity contribution in [2.75, 3.05) is 24.4 Å². The Kier molecular flexibility index (Phi) is 2.40. The lowest BCUT2D eigenvalue weighted by atomic mass is 10.3. The van der Waals surface area contributed by atoms with Gasteiger partial charge in [-0.1, -0.05) is 0 Å². The topological polar surface area (TPSA) is 40.4 Å². The lowest BCUT2D eigenvalue weighted by Gasteiger charge is -2.19. The molecule has 1 aromatic rings. The molecular formula is C9H11FN2O2S. The summed E-state index contributed by atoms with van der Waals surface area (Å²) in [5, 5.41) is 0. The van der Waals surface area contributed by atoms with E-state index in [4.69, 9.17) is 0 Å². The lowest BCUT2D eigenvalue weighted by Crippen LogP contribution is -2.32. The van der Waals surface area contributed by atoms with E-state index in [0.29, 0.717) is 18.8 Å². The van der Waals surface area contributed by atoms with E-state index in [1.807, 2.05) is 0 Å². The maximum atomic E-state index is 12.6. The molecule has 0 spiro atoms. The van der Waals surface area contributed by atoms with Crippen molar-refractivity contribution in [2.24, 2.45) is 0 Å². The van der Waals surface area contributed by atoms with Crippen molar-refractivity contribution in [3.05, 3.63) is 30.1 Å². The molecule has 82 valence electrons. The predicted octanol–water partition coefficient (Wildman–Crippen LogP) is 0.822. The molecular weight excluding hydrogens is 219 g/mol. The Morgan fingerprint density at radius 2 is 1.80 bits per heavy atom. The van der Waals surface area contributed by atoms with Gasteiger partial charge in [0, 0.05) is 20.1 Å². The number of benzene rings is 1. The van der Waals surface area contributed by atoms with Crippen molar-refractivity contribution >= 4 is 15.9 Å². The van der Waals surface area contributed by atoms with Gasteiger partial charge in [-0.05, 0) is 24.3 Å². The van der Waals surface area contributed by atoms with Crippen LogP contribution in [0, 0.1) is 5.82 Å². The first-order chi connectivity index (χ1) is 7.01. The van der Waals surface area contributed by atoms with Crippen molar-refractivity contribution in [1.82, 2.24) is 4.31 Å². The molecule has 6 heteroatoms. The summed E-state index contributed by atoms with van der Waals surface area (Å²) in [7, 11) is -1.93. The van der Waals surface area contributed by atoms with Crippen molar-refractivity contribution < 1.29 is 12.8 Å². The highest BCUT2D eigenvalue weighted by Gasteiger charge is 2.35. The van der Waals surface area contributed by atoms with E-state index in [1.165, 1.54) is 35.6 Å². The summed E-state index contributed by atoms with van der Waals surface area (Å²) in [4.78, 5) is 0. The zero-order chi connectivity index (χ0) is 11.1. The second-order valence-electron chi connectivity index (χ2n) is 3.35. The number of rotatable bonds is 3. The van der Waals surface area contributed by atoms with Crippen LogP contribution in [0.4, 0.5) is 10.1 Å². The first kappa shape index (κ1) is 10.4. The van der Waals surface area contributed by atoms with E-state index < -0.39 is 10.2 Å². The molecule has 0 aliphatic carbocycles. The van der Waals surface area contributed by atoms with Gasteiger partial charge in [-0.3, -0.25) is 4.31 Å². The molecule has 15 heavy (non-hydrogen) atoms. The number of hydrogen-bond acceptors (Lipinski definition) is 2. The summed E-state index contributed by atoms with van der Waals surface area (Å²) >= 11 is 0. The van der Waals surface area contributed by atoms with Gasteiger partial charge in [0.15, 0.2) is 0 Å². The van der Waals surface area contributed by atoms with Crippen LogP contribution in [0.1, 0.15) is 0 Å². The van der Waals surface area contributed by atoms with Crippen LogP contribution in [0.15, 0.2) is 24.3 Å². The smallest absolute Gasteiger partial charge is 0.261 e. The van der Waals surface area contributed by atoms with E-state index in [-0.39, 0.29) is 5.82 Å². The quantitative estimate of drug-likeness (QED) is 0.721. The first-order valence-electron chi connectivity index (χ1n) is 4.51. The van der Waals surface area contributed by atoms with Gasteiger partial charge in [0.1, 0.15) is 5.82 Å². The minimum absolute atomic E-state index is 0.378. The Hall–Kier alpha value is -1.14. The molecule has 0 atom stereocenters. The van der Waals surface area contributed by atoms with Gasteiger partial charge in [0.05, 0.1) is 5.69 Å². The molecule has 1 aliphatic rings. The summed E-state index contributed by atoms with van der Waals surface area (Å²) < 4.78 is 38.6. The van der Waals surface area contributed by atoms with Crippen LogP contribution < -0.4 is 4.31 Å². The minimum atomic E-state index is -3.39. The van der Waals surface area contributed by atoms with Crippen molar-refractivity contribution in [3.8, 4) is 0 Å². The van der Waals surface area contributed by atoms with Gasteiger partial charge in [0.25, 0.3) is 0 Å². The molecule has 1 aliphatic heterocycles. The lowest BCUT2D eigenvalue weighted by molar-refractivity contribution is 0.561. The van der Waals surface area contributed by atoms with Gasteiger partial charge in [-0.15, -0.1) is 0 Å². The predicted molar refractivity (Wildman–Crippen MR) is 55.3 cm³/mol. The van der Waals surface area contributed by atoms with Crippen molar-refractivity contribution in [3.63, 3.8) is 0 Å². The SMILES string of the molecule is CN(c1ccc(F)cc1)S(=O)(=O)N1CC1. The standard InChI is InChI=1S/C9H11FN2O2S/c1-11(15(13,14)12-6-7-12)9-4-2-8(10)3-5-9/h2-5H,6-7H2,1H3. The summed E-state index contributed by atoms with van der Waals surface area (Å²) in [5.41, 5.74) is 0.461. The fraction of sp³-hybridized carbons (Fsp3) is 0.333. The van der Waals surface area contributed by atoms with Gasteiger partial charge < -0.3 is 0 Å². The monoisotopic (exact) mass is 230 g/mol. The van der Waals surface area contributed by atoms with E-state index in [0.717, 1.165) is 4.31 Å². The van der Waals surface area contributed by atoms with E-state index in [2.05, 4.69) is 0 Å². The second kappa shape index (κ2) is 3.46. The third kappa shape index (κ3) is 1.95. The fourth-order valence-corrected chi connectivity index (χ4v) is 2.51. The largest absolute Gasteiger partial charge is 0.303 e. The molecule has 0 unspecified atom stereocenters. The molecule has 4 nitrogen and oxygen atoms in total. The Morgan fingerprint density at radius 3 is 2.27 bits per heavy atom. The number of nitrogens with zero attached hydrogens (tertiary/aromatic N) is 2. The Bertz CT molecular complexity index is 454. The van der Waals surface area contributed by atoms with Crippen molar-refractivity contribution in [2.45, 2.75) is 0 Å². The highest BCUT2D eigenvalue weighted by Crippen LogP contribution is 2.22. The molecule has 1 aromatic carbocycles. The van der Waals surface area contributed by atoms with Gasteiger partial charge >= 0.3 is 10.2 Å². The molecule has 0 saturated carbocycles. The maximum Gasteiger partial charge on any atom is 0.303 e. The fourth-order valence-electron chi connectivity index (χ4n) is 1.23. The average molecular weight is 230 g/mol. The van der Waals surface area contributed by atoms with Crippen LogP contribution in [0.5, 0.6) is 0 Å². The third-order valence-electron chi connectivity index (χ3n) is 2.27. The van der Waals surface area contributed by atoms with Crippen LogP contribution in [-0.4, -0.2) is 32.9 Å². The van der Waals surface area contributed by atoms with E-state index >= 15 is 0 Å². The number of halogens is 1. The third-order valence-corrected chi connectivity index (χ3v) is 4.19. The molecule has 0 N–H and O–H groups in total.